The third-order valence-corrected chi connectivity index (χ3v) is 2.77. The topological polar surface area (TPSA) is 72.5 Å². The number of nitrogens with two attached hydrogens (primary N) is 1. The second-order valence-electron chi connectivity index (χ2n) is 4.45. The summed E-state index contributed by atoms with van der Waals surface area (Å²) in [6.07, 6.45) is 2.26. The van der Waals surface area contributed by atoms with Gasteiger partial charge in [0.05, 0.1) is 11.1 Å². The highest BCUT2D eigenvalue weighted by atomic mass is 15.3. The van der Waals surface area contributed by atoms with Crippen LogP contribution in [0.2, 0.25) is 0 Å². The normalized spacial score (nSPS) is 11.8. The molecule has 0 amide bonds. The minimum absolute atomic E-state index is 0.366. The third kappa shape index (κ3) is 1.66. The van der Waals surface area contributed by atoms with Gasteiger partial charge in [-0.05, 0) is 12.3 Å². The molecule has 2 aromatic rings. The number of anilines is 1. The van der Waals surface area contributed by atoms with Crippen LogP contribution < -0.4 is 5.73 Å². The average Bonchev–Trinajstić information content (AvgIpc) is 2.77. The number of hydrogen-bond donors (Lipinski definition) is 2. The van der Waals surface area contributed by atoms with E-state index in [2.05, 4.69) is 36.1 Å². The Kier molecular flexibility index (Phi) is 2.85. The summed E-state index contributed by atoms with van der Waals surface area (Å²) in [4.78, 5) is 0. The van der Waals surface area contributed by atoms with Crippen molar-refractivity contribution < 1.29 is 0 Å². The number of fused-ring (bicyclic) bond motifs is 1. The Labute approximate surface area is 95.0 Å². The number of aromatic nitrogens is 4. The molecule has 0 unspecified atom stereocenters. The number of H-pyrrole nitrogens is 1. The van der Waals surface area contributed by atoms with Crippen LogP contribution in [0.4, 0.5) is 5.82 Å². The first-order chi connectivity index (χ1) is 7.65. The second kappa shape index (κ2) is 4.15. The molecule has 88 valence electrons. The first-order valence-corrected chi connectivity index (χ1v) is 5.85. The molecule has 5 heteroatoms. The lowest BCUT2D eigenvalue weighted by molar-refractivity contribution is 0.570. The molecule has 2 aromatic heterocycles. The molecule has 0 aliphatic rings. The van der Waals surface area contributed by atoms with Crippen molar-refractivity contribution in [1.82, 2.24) is 20.0 Å². The fourth-order valence-electron chi connectivity index (χ4n) is 1.88. The molecule has 5 nitrogen and oxygen atoms in total. The number of hydrogen-bond acceptors (Lipinski definition) is 3. The fraction of sp³-hybridized carbons (Fsp3) is 0.636. The number of nitrogen functional groups attached to an aromatic ring is 1. The summed E-state index contributed by atoms with van der Waals surface area (Å²) in [5.74, 6) is 0.992. The highest BCUT2D eigenvalue weighted by Crippen LogP contribution is 2.27. The van der Waals surface area contributed by atoms with Gasteiger partial charge in [-0.3, -0.25) is 5.10 Å². The first-order valence-electron chi connectivity index (χ1n) is 5.85. The smallest absolute Gasteiger partial charge is 0.182 e. The van der Waals surface area contributed by atoms with Gasteiger partial charge in [-0.25, -0.2) is 4.68 Å². The van der Waals surface area contributed by atoms with E-state index in [1.54, 1.807) is 0 Å². The summed E-state index contributed by atoms with van der Waals surface area (Å²) in [5, 5.41) is 12.7. The van der Waals surface area contributed by atoms with E-state index in [0.29, 0.717) is 11.7 Å². The van der Waals surface area contributed by atoms with Crippen LogP contribution in [-0.2, 0) is 6.54 Å². The Morgan fingerprint density at radius 2 is 2.19 bits per heavy atom. The Bertz CT molecular complexity index is 480. The lowest BCUT2D eigenvalue weighted by Gasteiger charge is -2.01. The van der Waals surface area contributed by atoms with Crippen LogP contribution in [0, 0.1) is 0 Å². The van der Waals surface area contributed by atoms with Gasteiger partial charge in [0.25, 0.3) is 0 Å². The standard InChI is InChI=1S/C11H19N5/c1-4-5-6-16-11-8(10(12)13-14-11)9(15-16)7(2)3/h7H,4-6H2,1-3H3,(H3,12,13,14). The van der Waals surface area contributed by atoms with Gasteiger partial charge in [-0.15, -0.1) is 0 Å². The first kappa shape index (κ1) is 11.0. The number of unbranched alkanes of at least 4 members (excludes halogenated alkanes) is 1. The highest BCUT2D eigenvalue weighted by molar-refractivity contribution is 5.89. The Balaban J connectivity index is 2.50. The zero-order chi connectivity index (χ0) is 11.7. The van der Waals surface area contributed by atoms with Gasteiger partial charge in [0.15, 0.2) is 5.65 Å². The van der Waals surface area contributed by atoms with Gasteiger partial charge in [0.2, 0.25) is 0 Å². The summed E-state index contributed by atoms with van der Waals surface area (Å²) in [5.41, 5.74) is 7.81. The molecule has 0 spiro atoms. The van der Waals surface area contributed by atoms with Crippen LogP contribution in [0.15, 0.2) is 0 Å². The number of nitrogens with zero attached hydrogens (tertiary/aromatic N) is 3. The minimum atomic E-state index is 0.366. The molecule has 0 aliphatic heterocycles. The molecule has 0 saturated heterocycles. The predicted molar refractivity (Wildman–Crippen MR) is 65.3 cm³/mol. The van der Waals surface area contributed by atoms with Crippen molar-refractivity contribution in [1.29, 1.82) is 0 Å². The Morgan fingerprint density at radius 3 is 2.81 bits per heavy atom. The molecule has 0 bridgehead atoms. The summed E-state index contributed by atoms with van der Waals surface area (Å²) in [6, 6.07) is 0. The molecule has 0 aromatic carbocycles. The Hall–Kier alpha value is -1.52. The Morgan fingerprint density at radius 1 is 1.44 bits per heavy atom. The second-order valence-corrected chi connectivity index (χ2v) is 4.45. The summed E-state index contributed by atoms with van der Waals surface area (Å²) in [7, 11) is 0. The monoisotopic (exact) mass is 221 g/mol. The van der Waals surface area contributed by atoms with Crippen molar-refractivity contribution in [2.24, 2.45) is 0 Å². The molecular weight excluding hydrogens is 202 g/mol. The average molecular weight is 221 g/mol. The van der Waals surface area contributed by atoms with E-state index in [0.717, 1.165) is 36.1 Å². The quantitative estimate of drug-likeness (QED) is 0.831. The maximum absolute atomic E-state index is 5.89. The largest absolute Gasteiger partial charge is 0.383 e. The summed E-state index contributed by atoms with van der Waals surface area (Å²) in [6.45, 7) is 7.32. The van der Waals surface area contributed by atoms with Crippen molar-refractivity contribution >= 4 is 16.9 Å². The van der Waals surface area contributed by atoms with E-state index in [-0.39, 0.29) is 0 Å². The highest BCUT2D eigenvalue weighted by Gasteiger charge is 2.18. The maximum Gasteiger partial charge on any atom is 0.182 e. The van der Waals surface area contributed by atoms with Gasteiger partial charge in [-0.2, -0.15) is 10.2 Å². The van der Waals surface area contributed by atoms with Crippen molar-refractivity contribution in [2.75, 3.05) is 5.73 Å². The summed E-state index contributed by atoms with van der Waals surface area (Å²) >= 11 is 0. The van der Waals surface area contributed by atoms with Gasteiger partial charge in [-0.1, -0.05) is 27.2 Å². The number of nitrogens with one attached hydrogen (secondary N) is 1. The van der Waals surface area contributed by atoms with E-state index < -0.39 is 0 Å². The van der Waals surface area contributed by atoms with E-state index in [4.69, 9.17) is 5.73 Å². The molecule has 3 N–H and O–H groups in total. The zero-order valence-corrected chi connectivity index (χ0v) is 10.1. The molecule has 0 atom stereocenters. The van der Waals surface area contributed by atoms with Crippen LogP contribution in [0.25, 0.3) is 11.0 Å². The molecule has 2 heterocycles. The fourth-order valence-corrected chi connectivity index (χ4v) is 1.88. The van der Waals surface area contributed by atoms with Crippen molar-refractivity contribution in [3.05, 3.63) is 5.69 Å². The molecular formula is C11H19N5. The SMILES string of the molecule is CCCCn1nc(C(C)C)c2c(N)[nH]nc21. The molecule has 0 fully saturated rings. The van der Waals surface area contributed by atoms with Crippen LogP contribution >= 0.6 is 0 Å². The summed E-state index contributed by atoms with van der Waals surface area (Å²) < 4.78 is 1.96. The van der Waals surface area contributed by atoms with E-state index >= 15 is 0 Å². The lowest BCUT2D eigenvalue weighted by atomic mass is 10.1. The lowest BCUT2D eigenvalue weighted by Crippen LogP contribution is -2.02. The number of aryl methyl sites for hydroxylation is 1. The van der Waals surface area contributed by atoms with Crippen molar-refractivity contribution in [3.8, 4) is 0 Å². The zero-order valence-electron chi connectivity index (χ0n) is 10.1. The van der Waals surface area contributed by atoms with E-state index in [1.165, 1.54) is 0 Å². The van der Waals surface area contributed by atoms with Crippen molar-refractivity contribution in [2.45, 2.75) is 46.1 Å². The van der Waals surface area contributed by atoms with Crippen LogP contribution in [-0.4, -0.2) is 20.0 Å². The molecule has 2 rings (SSSR count). The van der Waals surface area contributed by atoms with Crippen LogP contribution in [0.3, 0.4) is 0 Å². The van der Waals surface area contributed by atoms with Crippen LogP contribution in [0.1, 0.15) is 45.2 Å². The molecule has 0 saturated carbocycles. The van der Waals surface area contributed by atoms with Gasteiger partial charge in [0, 0.05) is 6.54 Å². The predicted octanol–water partition coefficient (Wildman–Crippen LogP) is 2.27. The maximum atomic E-state index is 5.89. The number of rotatable bonds is 4. The van der Waals surface area contributed by atoms with E-state index in [9.17, 15) is 0 Å². The van der Waals surface area contributed by atoms with Crippen molar-refractivity contribution in [3.63, 3.8) is 0 Å². The van der Waals surface area contributed by atoms with Gasteiger partial charge in [0.1, 0.15) is 5.82 Å². The minimum Gasteiger partial charge on any atom is -0.383 e. The molecule has 16 heavy (non-hydrogen) atoms. The van der Waals surface area contributed by atoms with Gasteiger partial charge >= 0.3 is 0 Å². The third-order valence-electron chi connectivity index (χ3n) is 2.77. The molecule has 0 aliphatic carbocycles. The van der Waals surface area contributed by atoms with Crippen LogP contribution in [0.5, 0.6) is 0 Å². The van der Waals surface area contributed by atoms with Gasteiger partial charge < -0.3 is 5.73 Å². The number of aromatic amines is 1. The molecule has 0 radical (unpaired) electrons. The van der Waals surface area contributed by atoms with E-state index in [1.807, 2.05) is 4.68 Å².